The first-order chi connectivity index (χ1) is 17.1. The number of carbonyl (C=O) groups is 2. The number of nitrogens with one attached hydrogen (secondary N) is 3. The van der Waals surface area contributed by atoms with Gasteiger partial charge >= 0.3 is 6.09 Å². The number of likely N-dealkylation sites (tertiary alicyclic amines) is 2. The molecule has 2 amide bonds. The Morgan fingerprint density at radius 2 is 1.83 bits per heavy atom. The van der Waals surface area contributed by atoms with Crippen LogP contribution in [0.1, 0.15) is 56.1 Å². The van der Waals surface area contributed by atoms with Crippen molar-refractivity contribution in [3.8, 4) is 0 Å². The highest BCUT2D eigenvalue weighted by atomic mass is 32.1. The second-order valence-corrected chi connectivity index (χ2v) is 11.6. The summed E-state index contributed by atoms with van der Waals surface area (Å²) in [6.45, 7) is 8.88. The first-order valence-electron chi connectivity index (χ1n) is 12.6. The molecule has 2 aromatic rings. The number of rotatable bonds is 6. The van der Waals surface area contributed by atoms with Crippen molar-refractivity contribution < 1.29 is 14.3 Å². The van der Waals surface area contributed by atoms with Crippen molar-refractivity contribution in [1.82, 2.24) is 25.1 Å². The van der Waals surface area contributed by atoms with Crippen LogP contribution >= 0.6 is 11.3 Å². The van der Waals surface area contributed by atoms with E-state index in [9.17, 15) is 9.59 Å². The van der Waals surface area contributed by atoms with Gasteiger partial charge in [0, 0.05) is 25.2 Å². The number of ether oxygens (including phenoxy) is 1. The van der Waals surface area contributed by atoms with Crippen LogP contribution in [0, 0.1) is 0 Å². The minimum absolute atomic E-state index is 0.0784. The molecular formula is C25H37N7O3S. The van der Waals surface area contributed by atoms with Crippen LogP contribution in [0.4, 0.5) is 21.6 Å². The summed E-state index contributed by atoms with van der Waals surface area (Å²) in [7, 11) is 2.10. The van der Waals surface area contributed by atoms with Gasteiger partial charge in [0.1, 0.15) is 22.1 Å². The highest BCUT2D eigenvalue weighted by Gasteiger charge is 2.28. The fourth-order valence-electron chi connectivity index (χ4n) is 4.34. The lowest BCUT2D eigenvalue weighted by Gasteiger charge is -2.34. The summed E-state index contributed by atoms with van der Waals surface area (Å²) in [4.78, 5) is 38.7. The molecule has 2 aliphatic heterocycles. The van der Waals surface area contributed by atoms with E-state index in [0.29, 0.717) is 34.7 Å². The molecule has 2 saturated heterocycles. The molecule has 0 unspecified atom stereocenters. The molecule has 36 heavy (non-hydrogen) atoms. The number of nitrogens with zero attached hydrogens (tertiary/aromatic N) is 4. The topological polar surface area (TPSA) is 112 Å². The van der Waals surface area contributed by atoms with Crippen LogP contribution in [0.25, 0.3) is 0 Å². The van der Waals surface area contributed by atoms with Crippen molar-refractivity contribution in [3.63, 3.8) is 0 Å². The predicted molar refractivity (Wildman–Crippen MR) is 142 cm³/mol. The Morgan fingerprint density at radius 1 is 1.08 bits per heavy atom. The summed E-state index contributed by atoms with van der Waals surface area (Å²) in [5, 5.41) is 10.4. The average molecular weight is 516 g/mol. The van der Waals surface area contributed by atoms with Gasteiger partial charge in [0.05, 0.1) is 6.20 Å². The number of amides is 2. The minimum Gasteiger partial charge on any atom is -0.444 e. The number of hydrogen-bond donors (Lipinski definition) is 3. The van der Waals surface area contributed by atoms with Crippen molar-refractivity contribution in [2.75, 3.05) is 43.9 Å². The second kappa shape index (κ2) is 11.4. The van der Waals surface area contributed by atoms with E-state index < -0.39 is 5.60 Å². The van der Waals surface area contributed by atoms with Gasteiger partial charge in [-0.2, -0.15) is 0 Å². The highest BCUT2D eigenvalue weighted by Crippen LogP contribution is 2.24. The molecule has 196 valence electrons. The molecule has 0 aliphatic carbocycles. The third-order valence-corrected chi connectivity index (χ3v) is 7.10. The van der Waals surface area contributed by atoms with E-state index >= 15 is 0 Å². The number of thiazole rings is 1. The Balaban J connectivity index is 1.30. The molecule has 0 aromatic carbocycles. The average Bonchev–Trinajstić information content (AvgIpc) is 3.28. The highest BCUT2D eigenvalue weighted by molar-refractivity contribution is 7.17. The normalized spacial score (nSPS) is 19.6. The molecule has 2 aliphatic rings. The van der Waals surface area contributed by atoms with Gasteiger partial charge in [-0.05, 0) is 78.7 Å². The lowest BCUT2D eigenvalue weighted by atomic mass is 10.1. The lowest BCUT2D eigenvalue weighted by Crippen LogP contribution is -2.47. The Labute approximate surface area is 216 Å². The zero-order chi connectivity index (χ0) is 25.7. The lowest BCUT2D eigenvalue weighted by molar-refractivity contribution is 0.0206. The summed E-state index contributed by atoms with van der Waals surface area (Å²) >= 11 is 1.31. The summed E-state index contributed by atoms with van der Waals surface area (Å²) in [6, 6.07) is 5.97. The van der Waals surface area contributed by atoms with Gasteiger partial charge < -0.3 is 30.5 Å². The Kier molecular flexibility index (Phi) is 8.30. The predicted octanol–water partition coefficient (Wildman–Crippen LogP) is 3.92. The molecule has 4 heterocycles. The van der Waals surface area contributed by atoms with Gasteiger partial charge in [-0.1, -0.05) is 17.4 Å². The van der Waals surface area contributed by atoms with E-state index in [-0.39, 0.29) is 24.1 Å². The third-order valence-electron chi connectivity index (χ3n) is 6.19. The van der Waals surface area contributed by atoms with Gasteiger partial charge in [-0.3, -0.25) is 4.79 Å². The van der Waals surface area contributed by atoms with Crippen LogP contribution in [-0.4, -0.2) is 82.7 Å². The maximum atomic E-state index is 12.6. The van der Waals surface area contributed by atoms with Gasteiger partial charge in [-0.25, -0.2) is 14.8 Å². The van der Waals surface area contributed by atoms with Crippen LogP contribution in [-0.2, 0) is 4.74 Å². The number of aromatic nitrogens is 2. The maximum absolute atomic E-state index is 12.6. The van der Waals surface area contributed by atoms with Crippen LogP contribution < -0.4 is 16.0 Å². The zero-order valence-electron chi connectivity index (χ0n) is 21.5. The summed E-state index contributed by atoms with van der Waals surface area (Å²) in [5.74, 6) is 1.27. The monoisotopic (exact) mass is 515 g/mol. The standard InChI is InChI=1S/C25H37N7O3S/c1-25(2,3)35-24(34)32-12-6-7-18(16-32)27-20-8-5-9-21(29-20)30-23-26-15-19(36-23)22(33)28-17-10-13-31(4)14-11-17/h5,8-9,15,17-18H,6-7,10-14,16H2,1-4H3,(H,28,33)(H2,26,27,29,30)/t18-/m0/s1. The van der Waals surface area contributed by atoms with E-state index in [4.69, 9.17) is 4.74 Å². The SMILES string of the molecule is CN1CCC(NC(=O)c2cnc(Nc3cccc(N[C@H]4CCCN(C(=O)OC(C)(C)C)C4)n3)s2)CC1. The molecule has 4 rings (SSSR count). The zero-order valence-corrected chi connectivity index (χ0v) is 22.4. The van der Waals surface area contributed by atoms with E-state index in [1.165, 1.54) is 11.3 Å². The fourth-order valence-corrected chi connectivity index (χ4v) is 5.06. The molecule has 2 fully saturated rings. The Bertz CT molecular complexity index is 1050. The van der Waals surface area contributed by atoms with Crippen molar-refractivity contribution in [2.24, 2.45) is 0 Å². The molecule has 11 heteroatoms. The molecule has 10 nitrogen and oxygen atoms in total. The number of piperidine rings is 2. The number of anilines is 3. The van der Waals surface area contributed by atoms with Gasteiger partial charge in [0.25, 0.3) is 5.91 Å². The smallest absolute Gasteiger partial charge is 0.410 e. The Hall–Kier alpha value is -2.92. The maximum Gasteiger partial charge on any atom is 0.410 e. The molecule has 0 bridgehead atoms. The van der Waals surface area contributed by atoms with Gasteiger partial charge in [0.2, 0.25) is 0 Å². The van der Waals surface area contributed by atoms with E-state index in [2.05, 4.69) is 37.9 Å². The van der Waals surface area contributed by atoms with Crippen LogP contribution in [0.3, 0.4) is 0 Å². The van der Waals surface area contributed by atoms with E-state index in [0.717, 1.165) is 38.8 Å². The van der Waals surface area contributed by atoms with Crippen LogP contribution in [0.2, 0.25) is 0 Å². The third kappa shape index (κ3) is 7.54. The van der Waals surface area contributed by atoms with E-state index in [1.54, 1.807) is 11.1 Å². The number of pyridine rings is 1. The van der Waals surface area contributed by atoms with Crippen LogP contribution in [0.5, 0.6) is 0 Å². The van der Waals surface area contributed by atoms with Crippen molar-refractivity contribution in [3.05, 3.63) is 29.3 Å². The molecule has 0 saturated carbocycles. The molecular weight excluding hydrogens is 478 g/mol. The first-order valence-corrected chi connectivity index (χ1v) is 13.4. The van der Waals surface area contributed by atoms with Gasteiger partial charge in [-0.15, -0.1) is 0 Å². The molecule has 0 spiro atoms. The summed E-state index contributed by atoms with van der Waals surface area (Å²) < 4.78 is 5.52. The minimum atomic E-state index is -0.512. The first kappa shape index (κ1) is 26.2. The number of hydrogen-bond acceptors (Lipinski definition) is 9. The van der Waals surface area contributed by atoms with Crippen molar-refractivity contribution in [2.45, 2.75) is 64.1 Å². The molecule has 2 aromatic heterocycles. The van der Waals surface area contributed by atoms with Gasteiger partial charge in [0.15, 0.2) is 5.13 Å². The number of carbonyl (C=O) groups excluding carboxylic acids is 2. The Morgan fingerprint density at radius 3 is 2.58 bits per heavy atom. The van der Waals surface area contributed by atoms with Crippen molar-refractivity contribution >= 4 is 40.1 Å². The summed E-state index contributed by atoms with van der Waals surface area (Å²) in [6.07, 6.45) is 5.10. The quantitative estimate of drug-likeness (QED) is 0.531. The molecule has 3 N–H and O–H groups in total. The molecule has 1 atom stereocenters. The fraction of sp³-hybridized carbons (Fsp3) is 0.600. The second-order valence-electron chi connectivity index (χ2n) is 10.5. The van der Waals surface area contributed by atoms with Crippen molar-refractivity contribution in [1.29, 1.82) is 0 Å². The van der Waals surface area contributed by atoms with E-state index in [1.807, 2.05) is 39.0 Å². The largest absolute Gasteiger partial charge is 0.444 e. The molecule has 0 radical (unpaired) electrons. The van der Waals surface area contributed by atoms with Crippen LogP contribution in [0.15, 0.2) is 24.4 Å². The summed E-state index contributed by atoms with van der Waals surface area (Å²) in [5.41, 5.74) is -0.512.